The minimum Gasteiger partial charge on any atom is -0.455 e. The van der Waals surface area contributed by atoms with Crippen molar-refractivity contribution in [3.63, 3.8) is 0 Å². The molecule has 1 amide bonds. The monoisotopic (exact) mass is 518 g/mol. The van der Waals surface area contributed by atoms with Gasteiger partial charge in [-0.15, -0.1) is 0 Å². The largest absolute Gasteiger partial charge is 0.455 e. The first-order valence-corrected chi connectivity index (χ1v) is 13.1. The van der Waals surface area contributed by atoms with Crippen LogP contribution in [0.4, 0.5) is 4.39 Å². The number of amides is 1. The summed E-state index contributed by atoms with van der Waals surface area (Å²) < 4.78 is 20.5. The molecule has 5 rings (SSSR count). The van der Waals surface area contributed by atoms with E-state index in [9.17, 15) is 9.18 Å². The van der Waals surface area contributed by atoms with Gasteiger partial charge in [0, 0.05) is 18.7 Å². The van der Waals surface area contributed by atoms with Crippen molar-refractivity contribution in [2.75, 3.05) is 0 Å². The number of hydrogen-bond donors (Lipinski definition) is 1. The molecule has 0 aliphatic rings. The van der Waals surface area contributed by atoms with Gasteiger partial charge in [0.05, 0.1) is 12.6 Å². The van der Waals surface area contributed by atoms with Gasteiger partial charge in [-0.2, -0.15) is 0 Å². The molecule has 1 atom stereocenters. The van der Waals surface area contributed by atoms with Crippen molar-refractivity contribution in [1.29, 1.82) is 0 Å². The van der Waals surface area contributed by atoms with Crippen LogP contribution in [0.5, 0.6) is 0 Å². The molecule has 0 saturated heterocycles. The molecular formula is C34H31FN2O2. The van der Waals surface area contributed by atoms with Crippen LogP contribution in [0.15, 0.2) is 132 Å². The number of benzene rings is 4. The SMILES string of the molecule is O=C(NC(Cc1ccccc1)c1ccccc1)c1ccc(CN(Cc2ccccc2)Cc2ccccc2F)o1. The Bertz CT molecular complexity index is 1470. The maximum atomic E-state index is 14.5. The number of carbonyl (C=O) groups is 1. The fourth-order valence-electron chi connectivity index (χ4n) is 4.70. The predicted molar refractivity (Wildman–Crippen MR) is 151 cm³/mol. The van der Waals surface area contributed by atoms with E-state index in [0.717, 1.165) is 16.7 Å². The van der Waals surface area contributed by atoms with Crippen LogP contribution < -0.4 is 5.32 Å². The fourth-order valence-corrected chi connectivity index (χ4v) is 4.70. The molecule has 1 N–H and O–H groups in total. The lowest BCUT2D eigenvalue weighted by atomic mass is 9.99. The number of furan rings is 1. The van der Waals surface area contributed by atoms with E-state index in [4.69, 9.17) is 4.42 Å². The highest BCUT2D eigenvalue weighted by atomic mass is 19.1. The van der Waals surface area contributed by atoms with E-state index in [-0.39, 0.29) is 23.5 Å². The third-order valence-corrected chi connectivity index (χ3v) is 6.66. The summed E-state index contributed by atoms with van der Waals surface area (Å²) in [6, 6.07) is 40.2. The first-order valence-electron chi connectivity index (χ1n) is 13.1. The standard InChI is InChI=1S/C34H31FN2O2/c35-31-19-11-10-18-29(31)24-37(23-27-14-6-2-7-15-27)25-30-20-21-33(39-30)34(38)36-32(28-16-8-3-9-17-28)22-26-12-4-1-5-13-26/h1-21,32H,22-25H2,(H,36,38). The van der Waals surface area contributed by atoms with E-state index in [2.05, 4.69) is 22.3 Å². The van der Waals surface area contributed by atoms with Gasteiger partial charge < -0.3 is 9.73 Å². The average Bonchev–Trinajstić information content (AvgIpc) is 3.44. The van der Waals surface area contributed by atoms with Gasteiger partial charge in [0.2, 0.25) is 0 Å². The average molecular weight is 519 g/mol. The zero-order valence-corrected chi connectivity index (χ0v) is 21.7. The van der Waals surface area contributed by atoms with Gasteiger partial charge in [0.15, 0.2) is 5.76 Å². The van der Waals surface area contributed by atoms with Gasteiger partial charge in [0.25, 0.3) is 5.91 Å². The molecule has 0 fully saturated rings. The Labute approximate surface area is 228 Å². The van der Waals surface area contributed by atoms with Gasteiger partial charge in [-0.25, -0.2) is 4.39 Å². The Balaban J connectivity index is 1.31. The van der Waals surface area contributed by atoms with Crippen LogP contribution in [0.2, 0.25) is 0 Å². The topological polar surface area (TPSA) is 45.5 Å². The molecule has 196 valence electrons. The molecule has 0 bridgehead atoms. The van der Waals surface area contributed by atoms with Crippen LogP contribution >= 0.6 is 0 Å². The third kappa shape index (κ3) is 7.30. The van der Waals surface area contributed by atoms with Crippen LogP contribution in [-0.4, -0.2) is 10.8 Å². The van der Waals surface area contributed by atoms with E-state index in [1.807, 2.05) is 91.0 Å². The maximum Gasteiger partial charge on any atom is 0.287 e. The molecule has 1 aromatic heterocycles. The van der Waals surface area contributed by atoms with Gasteiger partial charge in [0.1, 0.15) is 11.6 Å². The van der Waals surface area contributed by atoms with E-state index < -0.39 is 0 Å². The molecule has 39 heavy (non-hydrogen) atoms. The highest BCUT2D eigenvalue weighted by Crippen LogP contribution is 2.21. The lowest BCUT2D eigenvalue weighted by Crippen LogP contribution is -2.29. The Kier molecular flexibility index (Phi) is 8.61. The smallest absolute Gasteiger partial charge is 0.287 e. The number of rotatable bonds is 11. The normalized spacial score (nSPS) is 11.8. The van der Waals surface area contributed by atoms with E-state index >= 15 is 0 Å². The Hall–Kier alpha value is -4.48. The van der Waals surface area contributed by atoms with Crippen molar-refractivity contribution >= 4 is 5.91 Å². The van der Waals surface area contributed by atoms with Crippen LogP contribution in [0.25, 0.3) is 0 Å². The molecule has 0 aliphatic carbocycles. The molecule has 0 aliphatic heterocycles. The van der Waals surface area contributed by atoms with Crippen LogP contribution in [-0.2, 0) is 26.1 Å². The van der Waals surface area contributed by atoms with Crippen molar-refractivity contribution in [2.24, 2.45) is 0 Å². The molecule has 0 radical (unpaired) electrons. The summed E-state index contributed by atoms with van der Waals surface area (Å²) in [5, 5.41) is 3.16. The molecule has 5 aromatic rings. The Morgan fingerprint density at radius 2 is 1.31 bits per heavy atom. The van der Waals surface area contributed by atoms with Gasteiger partial charge in [-0.05, 0) is 41.3 Å². The van der Waals surface area contributed by atoms with E-state index in [0.29, 0.717) is 37.4 Å². The summed E-state index contributed by atoms with van der Waals surface area (Å²) in [6.45, 7) is 1.46. The van der Waals surface area contributed by atoms with Crippen molar-refractivity contribution in [3.05, 3.63) is 167 Å². The predicted octanol–water partition coefficient (Wildman–Crippen LogP) is 7.33. The molecule has 4 aromatic carbocycles. The quantitative estimate of drug-likeness (QED) is 0.199. The lowest BCUT2D eigenvalue weighted by Gasteiger charge is -2.22. The maximum absolute atomic E-state index is 14.5. The van der Waals surface area contributed by atoms with E-state index in [1.54, 1.807) is 18.2 Å². The van der Waals surface area contributed by atoms with Crippen LogP contribution in [0, 0.1) is 5.82 Å². The van der Waals surface area contributed by atoms with Crippen molar-refractivity contribution < 1.29 is 13.6 Å². The van der Waals surface area contributed by atoms with Gasteiger partial charge in [-0.1, -0.05) is 109 Å². The lowest BCUT2D eigenvalue weighted by molar-refractivity contribution is 0.0904. The molecule has 5 heteroatoms. The summed E-state index contributed by atoms with van der Waals surface area (Å²) in [5.74, 6) is 0.395. The first-order chi connectivity index (χ1) is 19.1. The van der Waals surface area contributed by atoms with Crippen molar-refractivity contribution in [2.45, 2.75) is 32.1 Å². The van der Waals surface area contributed by atoms with E-state index in [1.165, 1.54) is 6.07 Å². The molecule has 1 unspecified atom stereocenters. The third-order valence-electron chi connectivity index (χ3n) is 6.66. The number of carbonyl (C=O) groups excluding carboxylic acids is 1. The number of nitrogens with one attached hydrogen (secondary N) is 1. The van der Waals surface area contributed by atoms with Crippen molar-refractivity contribution in [1.82, 2.24) is 10.2 Å². The highest BCUT2D eigenvalue weighted by Gasteiger charge is 2.20. The Morgan fingerprint density at radius 3 is 2.00 bits per heavy atom. The Morgan fingerprint density at radius 1 is 0.692 bits per heavy atom. The zero-order valence-electron chi connectivity index (χ0n) is 21.7. The minimum atomic E-state index is -0.269. The van der Waals surface area contributed by atoms with Crippen molar-refractivity contribution in [3.8, 4) is 0 Å². The second kappa shape index (κ2) is 12.9. The first kappa shape index (κ1) is 26.1. The number of hydrogen-bond acceptors (Lipinski definition) is 3. The second-order valence-corrected chi connectivity index (χ2v) is 9.61. The highest BCUT2D eigenvalue weighted by molar-refractivity contribution is 5.91. The summed E-state index contributed by atoms with van der Waals surface area (Å²) in [4.78, 5) is 15.4. The summed E-state index contributed by atoms with van der Waals surface area (Å²) in [7, 11) is 0. The molecular weight excluding hydrogens is 487 g/mol. The van der Waals surface area contributed by atoms with Crippen LogP contribution in [0.1, 0.15) is 44.6 Å². The zero-order chi connectivity index (χ0) is 26.9. The molecule has 0 saturated carbocycles. The summed E-state index contributed by atoms with van der Waals surface area (Å²) >= 11 is 0. The molecule has 1 heterocycles. The number of halogens is 1. The molecule has 4 nitrogen and oxygen atoms in total. The summed E-state index contributed by atoms with van der Waals surface area (Å²) in [5.41, 5.74) is 3.89. The number of nitrogens with zero attached hydrogens (tertiary/aromatic N) is 1. The molecule has 0 spiro atoms. The summed E-state index contributed by atoms with van der Waals surface area (Å²) in [6.07, 6.45) is 0.664. The van der Waals surface area contributed by atoms with Gasteiger partial charge >= 0.3 is 0 Å². The van der Waals surface area contributed by atoms with Crippen LogP contribution in [0.3, 0.4) is 0 Å². The fraction of sp³-hybridized carbons (Fsp3) is 0.147. The second-order valence-electron chi connectivity index (χ2n) is 9.61. The minimum absolute atomic E-state index is 0.203. The van der Waals surface area contributed by atoms with Gasteiger partial charge in [-0.3, -0.25) is 9.69 Å².